The standard InChI is InChI=1S/C17H24N2O3/c1-13(2)11-18-16(20)12-19(3)17(21)9-8-14-6-5-7-15(10-14)22-4/h5-10,13H,11-12H2,1-4H3,(H,18,20)/b9-8+. The van der Waals surface area contributed by atoms with Crippen LogP contribution in [0, 0.1) is 5.92 Å². The molecule has 120 valence electrons. The monoisotopic (exact) mass is 304 g/mol. The SMILES string of the molecule is COc1cccc(/C=C/C(=O)N(C)CC(=O)NCC(C)C)c1. The number of hydrogen-bond donors (Lipinski definition) is 1. The van der Waals surface area contributed by atoms with E-state index in [1.807, 2.05) is 38.1 Å². The van der Waals surface area contributed by atoms with Gasteiger partial charge in [0.2, 0.25) is 11.8 Å². The normalized spacial score (nSPS) is 10.8. The zero-order valence-electron chi connectivity index (χ0n) is 13.6. The molecule has 1 aromatic carbocycles. The van der Waals surface area contributed by atoms with E-state index in [4.69, 9.17) is 4.74 Å². The molecule has 0 fully saturated rings. The summed E-state index contributed by atoms with van der Waals surface area (Å²) in [6, 6.07) is 7.40. The number of carbonyl (C=O) groups excluding carboxylic acids is 2. The highest BCUT2D eigenvalue weighted by molar-refractivity contribution is 5.94. The number of amides is 2. The molecule has 5 nitrogen and oxygen atoms in total. The zero-order chi connectivity index (χ0) is 16.5. The van der Waals surface area contributed by atoms with Gasteiger partial charge >= 0.3 is 0 Å². The molecule has 1 rings (SSSR count). The molecular weight excluding hydrogens is 280 g/mol. The molecule has 1 N–H and O–H groups in total. The summed E-state index contributed by atoms with van der Waals surface area (Å²) < 4.78 is 5.13. The van der Waals surface area contributed by atoms with Crippen molar-refractivity contribution in [3.63, 3.8) is 0 Å². The Balaban J connectivity index is 2.52. The van der Waals surface area contributed by atoms with Crippen molar-refractivity contribution in [2.24, 2.45) is 5.92 Å². The number of nitrogens with zero attached hydrogens (tertiary/aromatic N) is 1. The number of nitrogens with one attached hydrogen (secondary N) is 1. The van der Waals surface area contributed by atoms with Crippen molar-refractivity contribution >= 4 is 17.9 Å². The lowest BCUT2D eigenvalue weighted by molar-refractivity contribution is -0.131. The molecule has 0 spiro atoms. The summed E-state index contributed by atoms with van der Waals surface area (Å²) in [5.74, 6) is 0.746. The van der Waals surface area contributed by atoms with Crippen molar-refractivity contribution in [3.8, 4) is 5.75 Å². The summed E-state index contributed by atoms with van der Waals surface area (Å²) >= 11 is 0. The van der Waals surface area contributed by atoms with Gasteiger partial charge in [-0.15, -0.1) is 0 Å². The van der Waals surface area contributed by atoms with E-state index in [1.54, 1.807) is 20.2 Å². The molecule has 2 amide bonds. The van der Waals surface area contributed by atoms with Crippen LogP contribution in [-0.2, 0) is 9.59 Å². The third-order valence-electron chi connectivity index (χ3n) is 2.98. The van der Waals surface area contributed by atoms with E-state index in [0.717, 1.165) is 11.3 Å². The second-order valence-electron chi connectivity index (χ2n) is 5.50. The number of benzene rings is 1. The van der Waals surface area contributed by atoms with E-state index in [9.17, 15) is 9.59 Å². The maximum Gasteiger partial charge on any atom is 0.246 e. The topological polar surface area (TPSA) is 58.6 Å². The van der Waals surface area contributed by atoms with Crippen LogP contribution in [0.5, 0.6) is 5.75 Å². The van der Waals surface area contributed by atoms with E-state index in [-0.39, 0.29) is 18.4 Å². The molecule has 5 heteroatoms. The van der Waals surface area contributed by atoms with Gasteiger partial charge < -0.3 is 15.0 Å². The lowest BCUT2D eigenvalue weighted by Crippen LogP contribution is -2.38. The Labute approximate surface area is 132 Å². The van der Waals surface area contributed by atoms with Crippen molar-refractivity contribution in [3.05, 3.63) is 35.9 Å². The van der Waals surface area contributed by atoms with Gasteiger partial charge in [0.15, 0.2) is 0 Å². The van der Waals surface area contributed by atoms with Crippen molar-refractivity contribution in [1.29, 1.82) is 0 Å². The Morgan fingerprint density at radius 3 is 2.73 bits per heavy atom. The Kier molecular flexibility index (Phi) is 7.16. The van der Waals surface area contributed by atoms with Crippen LogP contribution in [0.3, 0.4) is 0 Å². The van der Waals surface area contributed by atoms with Crippen molar-refractivity contribution in [2.75, 3.05) is 27.2 Å². The summed E-state index contributed by atoms with van der Waals surface area (Å²) in [7, 11) is 3.20. The highest BCUT2D eigenvalue weighted by Crippen LogP contribution is 2.13. The number of rotatable bonds is 7. The highest BCUT2D eigenvalue weighted by atomic mass is 16.5. The van der Waals surface area contributed by atoms with Gasteiger partial charge in [-0.3, -0.25) is 9.59 Å². The highest BCUT2D eigenvalue weighted by Gasteiger charge is 2.10. The quantitative estimate of drug-likeness (QED) is 0.783. The van der Waals surface area contributed by atoms with Crippen LogP contribution in [0.25, 0.3) is 6.08 Å². The Morgan fingerprint density at radius 1 is 1.36 bits per heavy atom. The number of hydrogen-bond acceptors (Lipinski definition) is 3. The minimum atomic E-state index is -0.220. The summed E-state index contributed by atoms with van der Waals surface area (Å²) in [5, 5.41) is 2.78. The first-order valence-corrected chi connectivity index (χ1v) is 7.26. The van der Waals surface area contributed by atoms with Crippen molar-refractivity contribution in [2.45, 2.75) is 13.8 Å². The van der Waals surface area contributed by atoms with Gasteiger partial charge in [-0.05, 0) is 29.7 Å². The molecule has 0 aliphatic heterocycles. The second-order valence-corrected chi connectivity index (χ2v) is 5.50. The first kappa shape index (κ1) is 17.8. The molecule has 0 aliphatic rings. The van der Waals surface area contributed by atoms with Gasteiger partial charge in [0, 0.05) is 19.7 Å². The molecule has 0 saturated carbocycles. The maximum absolute atomic E-state index is 12.0. The Bertz CT molecular complexity index is 538. The summed E-state index contributed by atoms with van der Waals surface area (Å²) in [5.41, 5.74) is 0.866. The fourth-order valence-electron chi connectivity index (χ4n) is 1.71. The van der Waals surface area contributed by atoms with Gasteiger partial charge in [0.1, 0.15) is 5.75 Å². The molecule has 0 aliphatic carbocycles. The smallest absolute Gasteiger partial charge is 0.246 e. The van der Waals surface area contributed by atoms with Crippen LogP contribution in [0.1, 0.15) is 19.4 Å². The van der Waals surface area contributed by atoms with E-state index in [2.05, 4.69) is 5.32 Å². The first-order valence-electron chi connectivity index (χ1n) is 7.26. The Hall–Kier alpha value is -2.30. The van der Waals surface area contributed by atoms with Crippen molar-refractivity contribution < 1.29 is 14.3 Å². The number of carbonyl (C=O) groups is 2. The van der Waals surface area contributed by atoms with Crippen LogP contribution in [-0.4, -0.2) is 44.0 Å². The van der Waals surface area contributed by atoms with Crippen LogP contribution < -0.4 is 10.1 Å². The van der Waals surface area contributed by atoms with Gasteiger partial charge in [-0.25, -0.2) is 0 Å². The molecular formula is C17H24N2O3. The summed E-state index contributed by atoms with van der Waals surface area (Å²) in [4.78, 5) is 25.0. The van der Waals surface area contributed by atoms with Gasteiger partial charge in [-0.2, -0.15) is 0 Å². The molecule has 0 saturated heterocycles. The molecule has 0 aromatic heterocycles. The predicted octanol–water partition coefficient (Wildman–Crippen LogP) is 1.94. The molecule has 0 heterocycles. The van der Waals surface area contributed by atoms with Gasteiger partial charge in [-0.1, -0.05) is 26.0 Å². The van der Waals surface area contributed by atoms with E-state index < -0.39 is 0 Å². The number of likely N-dealkylation sites (N-methyl/N-ethyl adjacent to an activating group) is 1. The minimum Gasteiger partial charge on any atom is -0.497 e. The number of ether oxygens (including phenoxy) is 1. The average Bonchev–Trinajstić information content (AvgIpc) is 2.50. The van der Waals surface area contributed by atoms with Crippen LogP contribution in [0.4, 0.5) is 0 Å². The molecule has 0 unspecified atom stereocenters. The first-order chi connectivity index (χ1) is 10.4. The van der Waals surface area contributed by atoms with Crippen LogP contribution >= 0.6 is 0 Å². The fraction of sp³-hybridized carbons (Fsp3) is 0.412. The Morgan fingerprint density at radius 2 is 2.09 bits per heavy atom. The van der Waals surface area contributed by atoms with E-state index in [0.29, 0.717) is 12.5 Å². The molecule has 1 aromatic rings. The van der Waals surface area contributed by atoms with Gasteiger partial charge in [0.25, 0.3) is 0 Å². The predicted molar refractivity (Wildman–Crippen MR) is 87.5 cm³/mol. The number of methoxy groups -OCH3 is 1. The molecule has 0 radical (unpaired) electrons. The van der Waals surface area contributed by atoms with Gasteiger partial charge in [0.05, 0.1) is 13.7 Å². The largest absolute Gasteiger partial charge is 0.497 e. The lowest BCUT2D eigenvalue weighted by atomic mass is 10.2. The van der Waals surface area contributed by atoms with Crippen LogP contribution in [0.2, 0.25) is 0 Å². The molecule has 22 heavy (non-hydrogen) atoms. The van der Waals surface area contributed by atoms with E-state index >= 15 is 0 Å². The third-order valence-corrected chi connectivity index (χ3v) is 2.98. The second kappa shape index (κ2) is 8.87. The summed E-state index contributed by atoms with van der Waals surface area (Å²) in [6.07, 6.45) is 3.15. The van der Waals surface area contributed by atoms with Crippen molar-refractivity contribution in [1.82, 2.24) is 10.2 Å². The third kappa shape index (κ3) is 6.43. The zero-order valence-corrected chi connectivity index (χ0v) is 13.6. The fourth-order valence-corrected chi connectivity index (χ4v) is 1.71. The lowest BCUT2D eigenvalue weighted by Gasteiger charge is -2.15. The molecule has 0 bridgehead atoms. The van der Waals surface area contributed by atoms with Crippen LogP contribution in [0.15, 0.2) is 30.3 Å². The summed E-state index contributed by atoms with van der Waals surface area (Å²) in [6.45, 7) is 4.70. The minimum absolute atomic E-state index is 0.0496. The van der Waals surface area contributed by atoms with E-state index in [1.165, 1.54) is 11.0 Å². The molecule has 0 atom stereocenters. The average molecular weight is 304 g/mol. The maximum atomic E-state index is 12.0.